The minimum Gasteiger partial charge on any atom is -0.464 e. The number of hydrogen-bond acceptors (Lipinski definition) is 5. The molecule has 1 aromatic rings. The topological polar surface area (TPSA) is 31.6 Å². The van der Waals surface area contributed by atoms with Crippen molar-refractivity contribution in [3.63, 3.8) is 0 Å². The molecule has 2 heterocycles. The number of nitrogens with one attached hydrogen (secondary N) is 1. The van der Waals surface area contributed by atoms with Crippen LogP contribution in [0.2, 0.25) is 0 Å². The molecular formula is C14H23F2N3OS. The van der Waals surface area contributed by atoms with Crippen molar-refractivity contribution in [3.05, 3.63) is 23.7 Å². The van der Waals surface area contributed by atoms with Crippen LogP contribution in [0, 0.1) is 0 Å². The molecule has 0 saturated carbocycles. The number of furan rings is 1. The van der Waals surface area contributed by atoms with Crippen molar-refractivity contribution in [1.82, 2.24) is 15.1 Å². The predicted octanol–water partition coefficient (Wildman–Crippen LogP) is 2.07. The van der Waals surface area contributed by atoms with Crippen LogP contribution in [-0.2, 0) is 12.3 Å². The molecule has 1 unspecified atom stereocenters. The van der Waals surface area contributed by atoms with E-state index in [9.17, 15) is 8.78 Å². The fourth-order valence-corrected chi connectivity index (χ4v) is 2.87. The van der Waals surface area contributed by atoms with Gasteiger partial charge in [-0.1, -0.05) is 11.8 Å². The normalized spacial score (nSPS) is 21.3. The van der Waals surface area contributed by atoms with Crippen molar-refractivity contribution < 1.29 is 13.2 Å². The fraction of sp³-hybridized carbons (Fsp3) is 0.714. The average molecular weight is 319 g/mol. The van der Waals surface area contributed by atoms with Crippen LogP contribution in [0.1, 0.15) is 11.5 Å². The van der Waals surface area contributed by atoms with Gasteiger partial charge in [0, 0.05) is 32.2 Å². The maximum absolute atomic E-state index is 12.1. The highest BCUT2D eigenvalue weighted by atomic mass is 32.2. The maximum atomic E-state index is 12.1. The van der Waals surface area contributed by atoms with Crippen LogP contribution in [0.15, 0.2) is 16.5 Å². The van der Waals surface area contributed by atoms with Gasteiger partial charge in [0.15, 0.2) is 0 Å². The standard InChI is InChI=1S/C14H23F2N3OS/c1-18-5-6-19(2)11(9-18)7-17-8-12-3-4-13(20-12)10-21-14(15)16/h3-4,11,14,17H,5-10H2,1-2H3. The third kappa shape index (κ3) is 5.58. The molecular weight excluding hydrogens is 296 g/mol. The molecule has 4 nitrogen and oxygen atoms in total. The van der Waals surface area contributed by atoms with Gasteiger partial charge in [-0.25, -0.2) is 0 Å². The molecule has 21 heavy (non-hydrogen) atoms. The largest absolute Gasteiger partial charge is 0.464 e. The van der Waals surface area contributed by atoms with Gasteiger partial charge < -0.3 is 14.6 Å². The third-order valence-electron chi connectivity index (χ3n) is 3.73. The number of piperazine rings is 1. The Bertz CT molecular complexity index is 430. The number of alkyl halides is 2. The molecule has 0 aromatic carbocycles. The fourth-order valence-electron chi connectivity index (χ4n) is 2.42. The number of thioether (sulfide) groups is 1. The number of rotatable bonds is 7. The van der Waals surface area contributed by atoms with Gasteiger partial charge in [-0.2, -0.15) is 8.78 Å². The van der Waals surface area contributed by atoms with Crippen molar-refractivity contribution in [2.24, 2.45) is 0 Å². The van der Waals surface area contributed by atoms with E-state index in [1.54, 1.807) is 6.07 Å². The Morgan fingerprint density at radius 1 is 1.33 bits per heavy atom. The zero-order valence-corrected chi connectivity index (χ0v) is 13.3. The molecule has 1 aliphatic rings. The summed E-state index contributed by atoms with van der Waals surface area (Å²) in [5.74, 6) is -0.734. The first-order chi connectivity index (χ1) is 10.0. The number of hydrogen-bond donors (Lipinski definition) is 1. The third-order valence-corrected chi connectivity index (χ3v) is 4.43. The molecule has 0 radical (unpaired) electrons. The van der Waals surface area contributed by atoms with Gasteiger partial charge in [-0.05, 0) is 26.2 Å². The Morgan fingerprint density at radius 3 is 2.86 bits per heavy atom. The van der Waals surface area contributed by atoms with Gasteiger partial charge in [-0.15, -0.1) is 0 Å². The van der Waals surface area contributed by atoms with Crippen LogP contribution in [0.3, 0.4) is 0 Å². The number of halogens is 2. The van der Waals surface area contributed by atoms with Crippen molar-refractivity contribution in [1.29, 1.82) is 0 Å². The zero-order valence-electron chi connectivity index (χ0n) is 12.5. The van der Waals surface area contributed by atoms with Crippen LogP contribution in [0.25, 0.3) is 0 Å². The molecule has 1 fully saturated rings. The molecule has 1 saturated heterocycles. The molecule has 0 aliphatic carbocycles. The lowest BCUT2D eigenvalue weighted by molar-refractivity contribution is 0.113. The van der Waals surface area contributed by atoms with Crippen LogP contribution in [0.5, 0.6) is 0 Å². The molecule has 1 aromatic heterocycles. The van der Waals surface area contributed by atoms with Crippen LogP contribution < -0.4 is 5.32 Å². The molecule has 2 rings (SSSR count). The van der Waals surface area contributed by atoms with E-state index in [-0.39, 0.29) is 5.75 Å². The molecule has 1 aliphatic heterocycles. The van der Waals surface area contributed by atoms with E-state index < -0.39 is 5.76 Å². The number of nitrogens with zero attached hydrogens (tertiary/aromatic N) is 2. The minimum absolute atomic E-state index is 0.216. The number of likely N-dealkylation sites (N-methyl/N-ethyl adjacent to an activating group) is 2. The van der Waals surface area contributed by atoms with Gasteiger partial charge >= 0.3 is 0 Å². The Labute approximate surface area is 128 Å². The molecule has 120 valence electrons. The van der Waals surface area contributed by atoms with E-state index in [0.717, 1.165) is 31.9 Å². The van der Waals surface area contributed by atoms with Crippen LogP contribution in [-0.4, -0.2) is 61.9 Å². The maximum Gasteiger partial charge on any atom is 0.284 e. The smallest absolute Gasteiger partial charge is 0.284 e. The van der Waals surface area contributed by atoms with Gasteiger partial charge in [0.1, 0.15) is 11.5 Å². The second-order valence-corrected chi connectivity index (χ2v) is 6.45. The van der Waals surface area contributed by atoms with E-state index in [4.69, 9.17) is 4.42 Å². The molecule has 0 amide bonds. The molecule has 0 spiro atoms. The summed E-state index contributed by atoms with van der Waals surface area (Å²) in [6.45, 7) is 4.77. The van der Waals surface area contributed by atoms with Gasteiger partial charge in [0.25, 0.3) is 5.76 Å². The second kappa shape index (κ2) is 8.12. The van der Waals surface area contributed by atoms with E-state index in [1.165, 1.54) is 0 Å². The average Bonchev–Trinajstić information content (AvgIpc) is 2.88. The first kappa shape index (κ1) is 16.7. The summed E-state index contributed by atoms with van der Waals surface area (Å²) >= 11 is 0.585. The van der Waals surface area contributed by atoms with Crippen molar-refractivity contribution in [2.75, 3.05) is 40.3 Å². The predicted molar refractivity (Wildman–Crippen MR) is 81.6 cm³/mol. The van der Waals surface area contributed by atoms with Gasteiger partial charge in [0.05, 0.1) is 12.3 Å². The monoisotopic (exact) mass is 319 g/mol. The Kier molecular flexibility index (Phi) is 6.47. The summed E-state index contributed by atoms with van der Waals surface area (Å²) in [5.41, 5.74) is 0. The highest BCUT2D eigenvalue weighted by Gasteiger charge is 2.21. The lowest BCUT2D eigenvalue weighted by Gasteiger charge is -2.37. The Balaban J connectivity index is 1.70. The van der Waals surface area contributed by atoms with Gasteiger partial charge in [0.2, 0.25) is 0 Å². The first-order valence-corrected chi connectivity index (χ1v) is 8.16. The highest BCUT2D eigenvalue weighted by Crippen LogP contribution is 2.21. The molecule has 7 heteroatoms. The van der Waals surface area contributed by atoms with Gasteiger partial charge in [-0.3, -0.25) is 4.90 Å². The lowest BCUT2D eigenvalue weighted by Crippen LogP contribution is -2.53. The quantitative estimate of drug-likeness (QED) is 0.832. The summed E-state index contributed by atoms with van der Waals surface area (Å²) in [5, 5.41) is 3.38. The van der Waals surface area contributed by atoms with E-state index >= 15 is 0 Å². The summed E-state index contributed by atoms with van der Waals surface area (Å²) < 4.78 is 29.7. The first-order valence-electron chi connectivity index (χ1n) is 7.11. The Morgan fingerprint density at radius 2 is 2.10 bits per heavy atom. The summed E-state index contributed by atoms with van der Waals surface area (Å²) in [4.78, 5) is 4.69. The zero-order chi connectivity index (χ0) is 15.2. The van der Waals surface area contributed by atoms with Crippen molar-refractivity contribution in [3.8, 4) is 0 Å². The minimum atomic E-state index is -2.35. The van der Waals surface area contributed by atoms with E-state index in [1.807, 2.05) is 6.07 Å². The second-order valence-electron chi connectivity index (χ2n) is 5.47. The van der Waals surface area contributed by atoms with Crippen molar-refractivity contribution in [2.45, 2.75) is 24.1 Å². The summed E-state index contributed by atoms with van der Waals surface area (Å²) in [7, 11) is 4.28. The van der Waals surface area contributed by atoms with Crippen LogP contribution >= 0.6 is 11.8 Å². The molecule has 1 N–H and O–H groups in total. The molecule has 1 atom stereocenters. The lowest BCUT2D eigenvalue weighted by atomic mass is 10.2. The summed E-state index contributed by atoms with van der Waals surface area (Å²) in [6, 6.07) is 4.12. The Hall–Kier alpha value is -0.630. The highest BCUT2D eigenvalue weighted by molar-refractivity contribution is 7.98. The molecule has 0 bridgehead atoms. The van der Waals surface area contributed by atoms with Crippen LogP contribution in [0.4, 0.5) is 8.78 Å². The van der Waals surface area contributed by atoms with Crippen molar-refractivity contribution >= 4 is 11.8 Å². The van der Waals surface area contributed by atoms with E-state index in [0.29, 0.717) is 30.1 Å². The van der Waals surface area contributed by atoms with E-state index in [2.05, 4.69) is 29.2 Å². The summed E-state index contributed by atoms with van der Waals surface area (Å²) in [6.07, 6.45) is 0. The SMILES string of the molecule is CN1CCN(C)C(CNCc2ccc(CSC(F)F)o2)C1.